The molecule has 0 saturated heterocycles. The zero-order valence-electron chi connectivity index (χ0n) is 25.2. The Hall–Kier alpha value is 0.177. The van der Waals surface area contributed by atoms with Crippen LogP contribution >= 0.6 is 0 Å². The molecular formula is C32H69NSi. The van der Waals surface area contributed by atoms with E-state index in [1.807, 2.05) is 0 Å². The first-order chi connectivity index (χ1) is 16.4. The van der Waals surface area contributed by atoms with Crippen molar-refractivity contribution >= 4 is 8.24 Å². The summed E-state index contributed by atoms with van der Waals surface area (Å²) in [6.07, 6.45) is 35.2. The van der Waals surface area contributed by atoms with Crippen LogP contribution in [-0.4, -0.2) is 26.9 Å². The summed E-state index contributed by atoms with van der Waals surface area (Å²) in [4.78, 5) is 0. The smallest absolute Gasteiger partial charge is 0.121 e. The second kappa shape index (κ2) is 24.9. The van der Waals surface area contributed by atoms with Gasteiger partial charge >= 0.3 is 0 Å². The van der Waals surface area contributed by atoms with Gasteiger partial charge in [0.15, 0.2) is 0 Å². The molecule has 0 N–H and O–H groups in total. The van der Waals surface area contributed by atoms with Crippen LogP contribution in [0.1, 0.15) is 168 Å². The van der Waals surface area contributed by atoms with Gasteiger partial charge in [0.2, 0.25) is 0 Å². The van der Waals surface area contributed by atoms with Gasteiger partial charge in [-0.1, -0.05) is 181 Å². The average molecular weight is 496 g/mol. The predicted molar refractivity (Wildman–Crippen MR) is 162 cm³/mol. The molecule has 0 aliphatic rings. The van der Waals surface area contributed by atoms with Crippen molar-refractivity contribution in [3.05, 3.63) is 0 Å². The highest BCUT2D eigenvalue weighted by Crippen LogP contribution is 2.28. The van der Waals surface area contributed by atoms with Crippen molar-refractivity contribution in [3.63, 3.8) is 0 Å². The fraction of sp³-hybridized carbons (Fsp3) is 1.00. The molecule has 0 aliphatic heterocycles. The lowest BCUT2D eigenvalue weighted by molar-refractivity contribution is 0.418. The lowest BCUT2D eigenvalue weighted by Crippen LogP contribution is -2.44. The minimum atomic E-state index is -1.21. The fourth-order valence-electron chi connectivity index (χ4n) is 5.43. The first-order valence-corrected chi connectivity index (χ1v) is 19.3. The SMILES string of the molecule is CCCCCCCCCCCCCCC(CCCCCCCCCCCC)C[Si](C)(C)N(C)C. The first-order valence-electron chi connectivity index (χ1n) is 16.1. The maximum Gasteiger partial charge on any atom is 0.121 e. The summed E-state index contributed by atoms with van der Waals surface area (Å²) >= 11 is 0. The molecule has 0 amide bonds. The molecule has 2 heteroatoms. The van der Waals surface area contributed by atoms with Gasteiger partial charge in [0.05, 0.1) is 0 Å². The Balaban J connectivity index is 3.90. The lowest BCUT2D eigenvalue weighted by Gasteiger charge is -2.34. The Kier molecular flexibility index (Phi) is 25.0. The minimum absolute atomic E-state index is 0.987. The molecule has 0 heterocycles. The third kappa shape index (κ3) is 22.6. The molecule has 0 aliphatic carbocycles. The van der Waals surface area contributed by atoms with Crippen molar-refractivity contribution in [2.75, 3.05) is 14.1 Å². The molecule has 0 spiro atoms. The van der Waals surface area contributed by atoms with E-state index in [0.29, 0.717) is 0 Å². The van der Waals surface area contributed by atoms with Crippen molar-refractivity contribution < 1.29 is 0 Å². The topological polar surface area (TPSA) is 3.24 Å². The van der Waals surface area contributed by atoms with E-state index in [2.05, 4.69) is 45.6 Å². The van der Waals surface area contributed by atoms with Gasteiger partial charge in [0.1, 0.15) is 8.24 Å². The van der Waals surface area contributed by atoms with E-state index < -0.39 is 8.24 Å². The molecule has 1 unspecified atom stereocenters. The van der Waals surface area contributed by atoms with E-state index in [0.717, 1.165) is 5.92 Å². The molecule has 1 atom stereocenters. The van der Waals surface area contributed by atoms with Gasteiger partial charge in [-0.2, -0.15) is 0 Å². The van der Waals surface area contributed by atoms with Crippen LogP contribution in [0, 0.1) is 5.92 Å². The molecular weight excluding hydrogens is 426 g/mol. The average Bonchev–Trinajstić information content (AvgIpc) is 2.80. The number of unbranched alkanes of at least 4 members (excludes halogenated alkanes) is 20. The van der Waals surface area contributed by atoms with Crippen molar-refractivity contribution in [2.45, 2.75) is 187 Å². The zero-order chi connectivity index (χ0) is 25.3. The zero-order valence-corrected chi connectivity index (χ0v) is 26.2. The molecule has 0 rings (SSSR count). The third-order valence-corrected chi connectivity index (χ3v) is 12.4. The number of rotatable bonds is 27. The first kappa shape index (κ1) is 34.2. The van der Waals surface area contributed by atoms with Crippen molar-refractivity contribution in [2.24, 2.45) is 5.92 Å². The summed E-state index contributed by atoms with van der Waals surface area (Å²) in [5.41, 5.74) is 0. The Morgan fingerprint density at radius 3 is 0.971 bits per heavy atom. The van der Waals surface area contributed by atoms with Crippen LogP contribution in [0.2, 0.25) is 19.1 Å². The number of hydrogen-bond acceptors (Lipinski definition) is 1. The summed E-state index contributed by atoms with van der Waals surface area (Å²) in [5, 5.41) is 0. The van der Waals surface area contributed by atoms with Crippen molar-refractivity contribution in [1.29, 1.82) is 0 Å². The highest BCUT2D eigenvalue weighted by atomic mass is 28.3. The molecule has 1 nitrogen and oxygen atoms in total. The van der Waals surface area contributed by atoms with Crippen LogP contribution in [0.5, 0.6) is 0 Å². The molecule has 0 saturated carbocycles. The van der Waals surface area contributed by atoms with E-state index in [1.165, 1.54) is 160 Å². The van der Waals surface area contributed by atoms with E-state index in [9.17, 15) is 0 Å². The predicted octanol–water partition coefficient (Wildman–Crippen LogP) is 11.8. The van der Waals surface area contributed by atoms with Crippen LogP contribution in [-0.2, 0) is 0 Å². The third-order valence-electron chi connectivity index (χ3n) is 8.43. The van der Waals surface area contributed by atoms with E-state index in [-0.39, 0.29) is 0 Å². The Labute approximate surface area is 219 Å². The fourth-order valence-corrected chi connectivity index (χ4v) is 7.62. The summed E-state index contributed by atoms with van der Waals surface area (Å²) < 4.78 is 2.58. The molecule has 0 radical (unpaired) electrons. The van der Waals surface area contributed by atoms with Crippen LogP contribution < -0.4 is 0 Å². The number of hydrogen-bond donors (Lipinski definition) is 0. The Morgan fingerprint density at radius 2 is 0.706 bits per heavy atom. The van der Waals surface area contributed by atoms with Gasteiger partial charge in [-0.3, -0.25) is 0 Å². The van der Waals surface area contributed by atoms with Crippen LogP contribution in [0.15, 0.2) is 0 Å². The van der Waals surface area contributed by atoms with E-state index in [1.54, 1.807) is 0 Å². The molecule has 0 fully saturated rings. The molecule has 0 aromatic rings. The number of nitrogens with zero attached hydrogens (tertiary/aromatic N) is 1. The molecule has 0 bridgehead atoms. The maximum atomic E-state index is 2.58. The van der Waals surface area contributed by atoms with Crippen LogP contribution in [0.3, 0.4) is 0 Å². The monoisotopic (exact) mass is 496 g/mol. The second-order valence-corrected chi connectivity index (χ2v) is 17.4. The van der Waals surface area contributed by atoms with Crippen LogP contribution in [0.25, 0.3) is 0 Å². The maximum absolute atomic E-state index is 2.58. The quantitative estimate of drug-likeness (QED) is 0.0808. The Bertz CT molecular complexity index is 392. The standard InChI is InChI=1S/C32H69NSi/c1-7-9-11-13-15-17-19-20-22-24-26-28-30-32(31-34(5,6)33(3)4)29-27-25-23-21-18-16-14-12-10-8-2/h32H,7-31H2,1-6H3. The largest absolute Gasteiger partial charge is 0.329 e. The van der Waals surface area contributed by atoms with Gasteiger partial charge in [0, 0.05) is 0 Å². The highest BCUT2D eigenvalue weighted by Gasteiger charge is 2.27. The van der Waals surface area contributed by atoms with Gasteiger partial charge < -0.3 is 4.57 Å². The normalized spacial score (nSPS) is 13.1. The summed E-state index contributed by atoms with van der Waals surface area (Å²) in [6.45, 7) is 9.79. The van der Waals surface area contributed by atoms with E-state index in [4.69, 9.17) is 0 Å². The molecule has 0 aromatic heterocycles. The summed E-state index contributed by atoms with van der Waals surface area (Å²) in [7, 11) is 3.44. The van der Waals surface area contributed by atoms with Gasteiger partial charge in [0.25, 0.3) is 0 Å². The summed E-state index contributed by atoms with van der Waals surface area (Å²) in [5.74, 6) is 0.987. The van der Waals surface area contributed by atoms with Gasteiger partial charge in [-0.15, -0.1) is 0 Å². The second-order valence-electron chi connectivity index (χ2n) is 12.4. The van der Waals surface area contributed by atoms with E-state index >= 15 is 0 Å². The Morgan fingerprint density at radius 1 is 0.441 bits per heavy atom. The summed E-state index contributed by atoms with van der Waals surface area (Å²) in [6, 6.07) is 1.51. The molecule has 0 aromatic carbocycles. The molecule has 206 valence electrons. The molecule has 34 heavy (non-hydrogen) atoms. The van der Waals surface area contributed by atoms with Crippen molar-refractivity contribution in [3.8, 4) is 0 Å². The van der Waals surface area contributed by atoms with Gasteiger partial charge in [-0.05, 0) is 26.1 Å². The highest BCUT2D eigenvalue weighted by molar-refractivity contribution is 6.74. The minimum Gasteiger partial charge on any atom is -0.329 e. The van der Waals surface area contributed by atoms with Gasteiger partial charge in [-0.25, -0.2) is 0 Å². The lowest BCUT2D eigenvalue weighted by atomic mass is 9.95. The van der Waals surface area contributed by atoms with Crippen LogP contribution in [0.4, 0.5) is 0 Å². The van der Waals surface area contributed by atoms with Crippen molar-refractivity contribution in [1.82, 2.24) is 4.57 Å².